The van der Waals surface area contributed by atoms with E-state index in [0.717, 1.165) is 69.3 Å². The maximum Gasteiger partial charge on any atom is 0.131 e. The molecule has 0 fully saturated rings. The number of allylic oxidation sites excluding steroid dienone is 1. The molecule has 2 N–H and O–H groups in total. The van der Waals surface area contributed by atoms with Crippen molar-refractivity contribution in [3.63, 3.8) is 0 Å². The minimum absolute atomic E-state index is 0.00206. The Balaban J connectivity index is 1.26. The molecule has 0 amide bonds. The third-order valence-corrected chi connectivity index (χ3v) is 9.27. The van der Waals surface area contributed by atoms with Crippen molar-refractivity contribution >= 4 is 0 Å². The molecule has 0 saturated heterocycles. The van der Waals surface area contributed by atoms with Gasteiger partial charge < -0.3 is 19.7 Å². The summed E-state index contributed by atoms with van der Waals surface area (Å²) >= 11 is 0. The molecule has 6 aromatic carbocycles. The highest BCUT2D eigenvalue weighted by atomic mass is 16.5. The molecule has 0 aliphatic rings. The molecule has 0 aliphatic carbocycles. The van der Waals surface area contributed by atoms with Gasteiger partial charge in [-0.2, -0.15) is 0 Å². The summed E-state index contributed by atoms with van der Waals surface area (Å²) in [6.07, 6.45) is 5.73. The standard InChI is InChI=1S/C47H46O4/c1-4-6-16-34-26-28-45(43(30-34)41-24-14-22-39(47(41)49)37-19-11-8-12-20-37)51-32-35(15-5-2)31-50-44-27-25-33(3)29-42(44)40-23-13-21-38(46(40)48)36-17-9-7-10-18-36/h5,7-14,17-30,35,48-49H,2,4,6,15-16,31-32H2,1,3H3. The van der Waals surface area contributed by atoms with E-state index in [-0.39, 0.29) is 17.4 Å². The van der Waals surface area contributed by atoms with Gasteiger partial charge in [-0.3, -0.25) is 0 Å². The molecule has 0 radical (unpaired) electrons. The van der Waals surface area contributed by atoms with Crippen molar-refractivity contribution in [2.75, 3.05) is 13.2 Å². The number of phenols is 2. The van der Waals surface area contributed by atoms with Gasteiger partial charge in [0.15, 0.2) is 0 Å². The molecule has 4 heteroatoms. The first-order valence-corrected chi connectivity index (χ1v) is 17.8. The fourth-order valence-electron chi connectivity index (χ4n) is 6.49. The van der Waals surface area contributed by atoms with E-state index in [4.69, 9.17) is 9.47 Å². The smallest absolute Gasteiger partial charge is 0.131 e. The quantitative estimate of drug-likeness (QED) is 0.106. The molecule has 0 bridgehead atoms. The van der Waals surface area contributed by atoms with Crippen LogP contribution in [0.3, 0.4) is 0 Å². The van der Waals surface area contributed by atoms with Crippen molar-refractivity contribution in [2.24, 2.45) is 5.92 Å². The summed E-state index contributed by atoms with van der Waals surface area (Å²) in [5, 5.41) is 23.1. The van der Waals surface area contributed by atoms with E-state index in [1.807, 2.05) is 128 Å². The summed E-state index contributed by atoms with van der Waals surface area (Å²) in [4.78, 5) is 0. The second-order valence-corrected chi connectivity index (χ2v) is 13.1. The number of hydrogen-bond donors (Lipinski definition) is 2. The summed E-state index contributed by atoms with van der Waals surface area (Å²) in [7, 11) is 0. The molecular formula is C47H46O4. The third-order valence-electron chi connectivity index (χ3n) is 9.27. The molecule has 0 aromatic heterocycles. The number of benzene rings is 6. The van der Waals surface area contributed by atoms with E-state index < -0.39 is 0 Å². The molecule has 0 saturated carbocycles. The van der Waals surface area contributed by atoms with Gasteiger partial charge in [0.2, 0.25) is 0 Å². The Morgan fingerprint density at radius 2 is 1.10 bits per heavy atom. The highest BCUT2D eigenvalue weighted by Crippen LogP contribution is 2.44. The monoisotopic (exact) mass is 674 g/mol. The van der Waals surface area contributed by atoms with Crippen molar-refractivity contribution < 1.29 is 19.7 Å². The van der Waals surface area contributed by atoms with Crippen LogP contribution in [0.15, 0.2) is 146 Å². The zero-order valence-corrected chi connectivity index (χ0v) is 29.5. The van der Waals surface area contributed by atoms with E-state index in [1.54, 1.807) is 0 Å². The Labute approximate surface area is 302 Å². The molecule has 4 nitrogen and oxygen atoms in total. The molecule has 6 rings (SSSR count). The SMILES string of the molecule is C=CCC(COc1ccc(C)cc1-c1cccc(-c2ccccc2)c1O)COc1ccc(CCCC)cc1-c1cccc(-c2ccccc2)c1O. The largest absolute Gasteiger partial charge is 0.507 e. The fourth-order valence-corrected chi connectivity index (χ4v) is 6.49. The van der Waals surface area contributed by atoms with Crippen LogP contribution in [0.5, 0.6) is 23.0 Å². The number of rotatable bonds is 15. The van der Waals surface area contributed by atoms with Gasteiger partial charge in [0.05, 0.1) is 13.2 Å². The lowest BCUT2D eigenvalue weighted by molar-refractivity contribution is 0.179. The Morgan fingerprint density at radius 3 is 1.63 bits per heavy atom. The van der Waals surface area contributed by atoms with Crippen molar-refractivity contribution in [3.05, 3.63) is 157 Å². The second kappa shape index (κ2) is 16.8. The number of aryl methyl sites for hydroxylation is 2. The fraction of sp³-hybridized carbons (Fsp3) is 0.191. The molecule has 258 valence electrons. The van der Waals surface area contributed by atoms with Gasteiger partial charge in [0, 0.05) is 39.3 Å². The van der Waals surface area contributed by atoms with Gasteiger partial charge in [0.1, 0.15) is 23.0 Å². The highest BCUT2D eigenvalue weighted by Gasteiger charge is 2.19. The zero-order chi connectivity index (χ0) is 35.6. The second-order valence-electron chi connectivity index (χ2n) is 13.1. The molecule has 1 unspecified atom stereocenters. The lowest BCUT2D eigenvalue weighted by Gasteiger charge is -2.21. The number of unbranched alkanes of at least 4 members (excludes halogenated alkanes) is 1. The minimum Gasteiger partial charge on any atom is -0.507 e. The lowest BCUT2D eigenvalue weighted by Crippen LogP contribution is -2.20. The maximum atomic E-state index is 11.6. The van der Waals surface area contributed by atoms with Crippen molar-refractivity contribution in [1.29, 1.82) is 0 Å². The number of phenolic OH excluding ortho intramolecular Hbond substituents is 2. The number of ether oxygens (including phenoxy) is 2. The van der Waals surface area contributed by atoms with E-state index in [2.05, 4.69) is 31.7 Å². The molecular weight excluding hydrogens is 629 g/mol. The summed E-state index contributed by atoms with van der Waals surface area (Å²) in [5.74, 6) is 1.86. The van der Waals surface area contributed by atoms with E-state index >= 15 is 0 Å². The van der Waals surface area contributed by atoms with Gasteiger partial charge in [0.25, 0.3) is 0 Å². The van der Waals surface area contributed by atoms with E-state index in [9.17, 15) is 10.2 Å². The summed E-state index contributed by atoms with van der Waals surface area (Å²) in [6.45, 7) is 9.03. The van der Waals surface area contributed by atoms with Gasteiger partial charge >= 0.3 is 0 Å². The number of aromatic hydroxyl groups is 2. The van der Waals surface area contributed by atoms with Crippen LogP contribution in [0, 0.1) is 12.8 Å². The molecule has 1 atom stereocenters. The first-order chi connectivity index (χ1) is 25.0. The molecule has 51 heavy (non-hydrogen) atoms. The Morgan fingerprint density at radius 1 is 0.588 bits per heavy atom. The topological polar surface area (TPSA) is 58.9 Å². The normalized spacial score (nSPS) is 11.6. The van der Waals surface area contributed by atoms with Gasteiger partial charge in [-0.1, -0.05) is 134 Å². The van der Waals surface area contributed by atoms with E-state index in [0.29, 0.717) is 31.1 Å². The molecule has 0 spiro atoms. The lowest BCUT2D eigenvalue weighted by atomic mass is 9.94. The van der Waals surface area contributed by atoms with Crippen LogP contribution in [0.2, 0.25) is 0 Å². The Hall–Kier alpha value is -5.74. The van der Waals surface area contributed by atoms with E-state index in [1.165, 1.54) is 5.56 Å². The van der Waals surface area contributed by atoms with Gasteiger partial charge in [-0.05, 0) is 67.1 Å². The third kappa shape index (κ3) is 8.36. The van der Waals surface area contributed by atoms with Crippen LogP contribution < -0.4 is 9.47 Å². The summed E-state index contributed by atoms with van der Waals surface area (Å²) in [6, 6.07) is 44.0. The summed E-state index contributed by atoms with van der Waals surface area (Å²) in [5.41, 5.74) is 8.91. The first kappa shape index (κ1) is 35.1. The predicted octanol–water partition coefficient (Wildman–Crippen LogP) is 12.1. The van der Waals surface area contributed by atoms with Crippen LogP contribution in [-0.2, 0) is 6.42 Å². The molecule has 0 heterocycles. The van der Waals surface area contributed by atoms with Crippen LogP contribution in [-0.4, -0.2) is 23.4 Å². The predicted molar refractivity (Wildman–Crippen MR) is 211 cm³/mol. The highest BCUT2D eigenvalue weighted by molar-refractivity contribution is 5.85. The Bertz CT molecular complexity index is 2070. The van der Waals surface area contributed by atoms with Crippen LogP contribution in [0.4, 0.5) is 0 Å². The zero-order valence-electron chi connectivity index (χ0n) is 29.5. The van der Waals surface area contributed by atoms with Crippen LogP contribution in [0.25, 0.3) is 44.5 Å². The first-order valence-electron chi connectivity index (χ1n) is 17.8. The molecule has 6 aromatic rings. The minimum atomic E-state index is -0.00206. The van der Waals surface area contributed by atoms with Crippen molar-refractivity contribution in [2.45, 2.75) is 39.5 Å². The van der Waals surface area contributed by atoms with Gasteiger partial charge in [-0.25, -0.2) is 0 Å². The summed E-state index contributed by atoms with van der Waals surface area (Å²) < 4.78 is 13.1. The van der Waals surface area contributed by atoms with Gasteiger partial charge in [-0.15, -0.1) is 6.58 Å². The average molecular weight is 675 g/mol. The number of para-hydroxylation sites is 2. The molecule has 0 aliphatic heterocycles. The average Bonchev–Trinajstić information content (AvgIpc) is 3.16. The Kier molecular flexibility index (Phi) is 11.5. The van der Waals surface area contributed by atoms with Crippen molar-refractivity contribution in [1.82, 2.24) is 0 Å². The number of hydrogen-bond acceptors (Lipinski definition) is 4. The van der Waals surface area contributed by atoms with Crippen LogP contribution in [0.1, 0.15) is 37.3 Å². The maximum absolute atomic E-state index is 11.6. The van der Waals surface area contributed by atoms with Crippen molar-refractivity contribution in [3.8, 4) is 67.5 Å². The van der Waals surface area contributed by atoms with Crippen LogP contribution >= 0.6 is 0 Å².